The Morgan fingerprint density at radius 2 is 2.33 bits per heavy atom. The summed E-state index contributed by atoms with van der Waals surface area (Å²) < 4.78 is 13.6. The Kier molecular flexibility index (Phi) is 3.62. The van der Waals surface area contributed by atoms with Gasteiger partial charge in [0, 0.05) is 30.4 Å². The number of nitrogens with zero attached hydrogens (tertiary/aromatic N) is 2. The molecular formula is C12H11ClFN3O. The summed E-state index contributed by atoms with van der Waals surface area (Å²) in [6, 6.07) is 4.44. The third-order valence-corrected chi connectivity index (χ3v) is 2.90. The first-order valence-electron chi connectivity index (χ1n) is 5.26. The molecule has 0 spiro atoms. The van der Waals surface area contributed by atoms with Crippen LogP contribution in [0.15, 0.2) is 30.6 Å². The van der Waals surface area contributed by atoms with Crippen LogP contribution in [-0.4, -0.2) is 28.1 Å². The molecule has 2 rings (SSSR count). The zero-order valence-electron chi connectivity index (χ0n) is 9.65. The number of nitrogens with one attached hydrogen (secondary N) is 1. The molecule has 1 aromatic heterocycles. The van der Waals surface area contributed by atoms with Crippen LogP contribution < -0.4 is 0 Å². The van der Waals surface area contributed by atoms with Gasteiger partial charge in [-0.15, -0.1) is 0 Å². The van der Waals surface area contributed by atoms with Gasteiger partial charge in [0.25, 0.3) is 5.91 Å². The molecule has 0 radical (unpaired) electrons. The SMILES string of the molecule is CN(Cc1c(F)cccc1Cl)C(=O)c1cn[nH]c1. The van der Waals surface area contributed by atoms with E-state index in [1.807, 2.05) is 0 Å². The maximum Gasteiger partial charge on any atom is 0.257 e. The fraction of sp³-hybridized carbons (Fsp3) is 0.167. The van der Waals surface area contributed by atoms with Gasteiger partial charge in [-0.05, 0) is 12.1 Å². The summed E-state index contributed by atoms with van der Waals surface area (Å²) in [5, 5.41) is 6.56. The summed E-state index contributed by atoms with van der Waals surface area (Å²) >= 11 is 5.91. The smallest absolute Gasteiger partial charge is 0.257 e. The summed E-state index contributed by atoms with van der Waals surface area (Å²) in [5.41, 5.74) is 0.725. The first-order valence-corrected chi connectivity index (χ1v) is 5.64. The Bertz CT molecular complexity index is 536. The molecule has 0 aliphatic carbocycles. The number of hydrogen-bond acceptors (Lipinski definition) is 2. The lowest BCUT2D eigenvalue weighted by Gasteiger charge is -2.17. The monoisotopic (exact) mass is 267 g/mol. The van der Waals surface area contributed by atoms with Crippen molar-refractivity contribution in [2.75, 3.05) is 7.05 Å². The van der Waals surface area contributed by atoms with Crippen molar-refractivity contribution in [1.29, 1.82) is 0 Å². The Labute approximate surface area is 108 Å². The number of aromatic amines is 1. The summed E-state index contributed by atoms with van der Waals surface area (Å²) in [4.78, 5) is 13.3. The van der Waals surface area contributed by atoms with E-state index in [0.717, 1.165) is 0 Å². The Hall–Kier alpha value is -1.88. The quantitative estimate of drug-likeness (QED) is 0.929. The first-order chi connectivity index (χ1) is 8.59. The van der Waals surface area contributed by atoms with E-state index in [-0.39, 0.29) is 12.5 Å². The van der Waals surface area contributed by atoms with Crippen molar-refractivity contribution in [3.63, 3.8) is 0 Å². The molecule has 94 valence electrons. The van der Waals surface area contributed by atoms with Gasteiger partial charge in [0.1, 0.15) is 5.82 Å². The van der Waals surface area contributed by atoms with E-state index < -0.39 is 5.82 Å². The Morgan fingerprint density at radius 1 is 1.56 bits per heavy atom. The zero-order chi connectivity index (χ0) is 13.1. The lowest BCUT2D eigenvalue weighted by Crippen LogP contribution is -2.26. The van der Waals surface area contributed by atoms with E-state index in [9.17, 15) is 9.18 Å². The lowest BCUT2D eigenvalue weighted by atomic mass is 10.2. The van der Waals surface area contributed by atoms with Crippen LogP contribution in [0.5, 0.6) is 0 Å². The minimum absolute atomic E-state index is 0.107. The van der Waals surface area contributed by atoms with Gasteiger partial charge in [0.2, 0.25) is 0 Å². The summed E-state index contributed by atoms with van der Waals surface area (Å²) in [6.07, 6.45) is 2.91. The predicted molar refractivity (Wildman–Crippen MR) is 65.8 cm³/mol. The highest BCUT2D eigenvalue weighted by molar-refractivity contribution is 6.31. The van der Waals surface area contributed by atoms with Crippen molar-refractivity contribution >= 4 is 17.5 Å². The molecule has 1 heterocycles. The van der Waals surface area contributed by atoms with Crippen LogP contribution in [0.2, 0.25) is 5.02 Å². The topological polar surface area (TPSA) is 49.0 Å². The van der Waals surface area contributed by atoms with Gasteiger partial charge in [-0.25, -0.2) is 4.39 Å². The minimum Gasteiger partial charge on any atom is -0.337 e. The van der Waals surface area contributed by atoms with Crippen molar-refractivity contribution < 1.29 is 9.18 Å². The van der Waals surface area contributed by atoms with Crippen LogP contribution in [0.3, 0.4) is 0 Å². The molecule has 0 saturated heterocycles. The third-order valence-electron chi connectivity index (χ3n) is 2.55. The number of carbonyl (C=O) groups is 1. The molecule has 2 aromatic rings. The third kappa shape index (κ3) is 2.51. The molecule has 4 nitrogen and oxygen atoms in total. The normalized spacial score (nSPS) is 10.4. The second-order valence-electron chi connectivity index (χ2n) is 3.85. The summed E-state index contributed by atoms with van der Waals surface area (Å²) in [6.45, 7) is 0.107. The molecule has 0 fully saturated rings. The standard InChI is InChI=1S/C12H11ClFN3O/c1-17(12(18)8-5-15-16-6-8)7-9-10(13)3-2-4-11(9)14/h2-6H,7H2,1H3,(H,15,16). The summed E-state index contributed by atoms with van der Waals surface area (Å²) in [5.74, 6) is -0.669. The molecule has 1 N–H and O–H groups in total. The van der Waals surface area contributed by atoms with Crippen molar-refractivity contribution in [2.24, 2.45) is 0 Å². The highest BCUT2D eigenvalue weighted by atomic mass is 35.5. The second-order valence-corrected chi connectivity index (χ2v) is 4.26. The molecule has 0 unspecified atom stereocenters. The van der Waals surface area contributed by atoms with Crippen molar-refractivity contribution in [3.05, 3.63) is 52.6 Å². The van der Waals surface area contributed by atoms with Gasteiger partial charge >= 0.3 is 0 Å². The van der Waals surface area contributed by atoms with Crippen LogP contribution in [0.25, 0.3) is 0 Å². The van der Waals surface area contributed by atoms with Crippen molar-refractivity contribution in [2.45, 2.75) is 6.54 Å². The number of benzene rings is 1. The highest BCUT2D eigenvalue weighted by Gasteiger charge is 2.16. The lowest BCUT2D eigenvalue weighted by molar-refractivity contribution is 0.0784. The number of halogens is 2. The summed E-state index contributed by atoms with van der Waals surface area (Å²) in [7, 11) is 1.58. The van der Waals surface area contributed by atoms with E-state index in [0.29, 0.717) is 16.1 Å². The van der Waals surface area contributed by atoms with E-state index in [4.69, 9.17) is 11.6 Å². The fourth-order valence-corrected chi connectivity index (χ4v) is 1.80. The minimum atomic E-state index is -0.422. The number of carbonyl (C=O) groups excluding carboxylic acids is 1. The molecule has 6 heteroatoms. The molecule has 0 bridgehead atoms. The van der Waals surface area contributed by atoms with Gasteiger partial charge in [-0.3, -0.25) is 9.89 Å². The van der Waals surface area contributed by atoms with Gasteiger partial charge < -0.3 is 4.90 Å². The second kappa shape index (κ2) is 5.18. The first kappa shape index (κ1) is 12.6. The van der Waals surface area contributed by atoms with Crippen LogP contribution in [0.1, 0.15) is 15.9 Å². The van der Waals surface area contributed by atoms with Crippen molar-refractivity contribution in [1.82, 2.24) is 15.1 Å². The van der Waals surface area contributed by atoms with Gasteiger partial charge in [-0.2, -0.15) is 5.10 Å². The van der Waals surface area contributed by atoms with E-state index >= 15 is 0 Å². The number of hydrogen-bond donors (Lipinski definition) is 1. The average molecular weight is 268 g/mol. The number of amides is 1. The Balaban J connectivity index is 2.17. The maximum absolute atomic E-state index is 13.6. The molecule has 1 aromatic carbocycles. The molecule has 0 atom stereocenters. The molecule has 0 saturated carbocycles. The predicted octanol–water partition coefficient (Wildman–Crippen LogP) is 2.47. The largest absolute Gasteiger partial charge is 0.337 e. The van der Waals surface area contributed by atoms with Crippen LogP contribution in [-0.2, 0) is 6.54 Å². The van der Waals surface area contributed by atoms with E-state index in [1.54, 1.807) is 13.1 Å². The van der Waals surface area contributed by atoms with E-state index in [2.05, 4.69) is 10.2 Å². The van der Waals surface area contributed by atoms with Crippen molar-refractivity contribution in [3.8, 4) is 0 Å². The average Bonchev–Trinajstić information content (AvgIpc) is 2.86. The van der Waals surface area contributed by atoms with Gasteiger partial charge in [0.05, 0.1) is 11.8 Å². The van der Waals surface area contributed by atoms with Crippen LogP contribution in [0, 0.1) is 5.82 Å². The molecule has 0 aliphatic heterocycles. The number of H-pyrrole nitrogens is 1. The molecule has 0 aliphatic rings. The maximum atomic E-state index is 13.6. The highest BCUT2D eigenvalue weighted by Crippen LogP contribution is 2.20. The Morgan fingerprint density at radius 3 is 2.94 bits per heavy atom. The van der Waals surface area contributed by atoms with E-state index in [1.165, 1.54) is 29.4 Å². The molecular weight excluding hydrogens is 257 g/mol. The van der Waals surface area contributed by atoms with Gasteiger partial charge in [-0.1, -0.05) is 17.7 Å². The van der Waals surface area contributed by atoms with Gasteiger partial charge in [0.15, 0.2) is 0 Å². The molecule has 18 heavy (non-hydrogen) atoms. The zero-order valence-corrected chi connectivity index (χ0v) is 10.4. The fourth-order valence-electron chi connectivity index (χ4n) is 1.58. The van der Waals surface area contributed by atoms with Crippen LogP contribution >= 0.6 is 11.6 Å². The van der Waals surface area contributed by atoms with Crippen LogP contribution in [0.4, 0.5) is 4.39 Å². The number of aromatic nitrogens is 2. The molecule has 1 amide bonds. The number of rotatable bonds is 3.